The van der Waals surface area contributed by atoms with Crippen LogP contribution in [0.15, 0.2) is 36.0 Å². The fraction of sp³-hybridized carbons (Fsp3) is 0.333. The molecule has 0 aromatic rings. The van der Waals surface area contributed by atoms with Crippen molar-refractivity contribution in [2.45, 2.75) is 20.1 Å². The van der Waals surface area contributed by atoms with Gasteiger partial charge in [0.25, 0.3) is 0 Å². The summed E-state index contributed by atoms with van der Waals surface area (Å²) in [6.07, 6.45) is 8.24. The predicted octanol–water partition coefficient (Wildman–Crippen LogP) is 1.34. The van der Waals surface area contributed by atoms with E-state index in [1.807, 2.05) is 32.1 Å². The van der Waals surface area contributed by atoms with E-state index >= 15 is 0 Å². The van der Waals surface area contributed by atoms with Crippen LogP contribution in [0.2, 0.25) is 0 Å². The molecule has 0 aliphatic rings. The van der Waals surface area contributed by atoms with Crippen molar-refractivity contribution in [3.8, 4) is 0 Å². The van der Waals surface area contributed by atoms with Gasteiger partial charge in [-0.3, -0.25) is 0 Å². The molecule has 0 bridgehead atoms. The van der Waals surface area contributed by atoms with Crippen molar-refractivity contribution >= 4 is 0 Å². The summed E-state index contributed by atoms with van der Waals surface area (Å²) in [6.45, 7) is 3.79. The second kappa shape index (κ2) is 5.89. The Morgan fingerprint density at radius 3 is 2.36 bits per heavy atom. The molecule has 0 saturated heterocycles. The maximum Gasteiger partial charge on any atom is 0.128 e. The highest BCUT2D eigenvalue weighted by atomic mass is 16.3. The maximum absolute atomic E-state index is 8.99. The second-order valence-electron chi connectivity index (χ2n) is 2.14. The van der Waals surface area contributed by atoms with Crippen LogP contribution in [0.25, 0.3) is 0 Å². The van der Waals surface area contributed by atoms with E-state index in [1.54, 1.807) is 12.2 Å². The lowest BCUT2D eigenvalue weighted by molar-refractivity contribution is 0.223. The summed E-state index contributed by atoms with van der Waals surface area (Å²) in [5.41, 5.74) is 5.98. The first-order valence-corrected chi connectivity index (χ1v) is 3.61. The molecule has 0 fully saturated rings. The lowest BCUT2D eigenvalue weighted by atomic mass is 10.2. The van der Waals surface area contributed by atoms with Crippen LogP contribution in [0.3, 0.4) is 0 Å². The first kappa shape index (κ1) is 10.1. The molecule has 0 rings (SSSR count). The topological polar surface area (TPSA) is 46.2 Å². The van der Waals surface area contributed by atoms with Crippen molar-refractivity contribution < 1.29 is 5.11 Å². The quantitative estimate of drug-likeness (QED) is 0.475. The molecule has 0 spiro atoms. The van der Waals surface area contributed by atoms with E-state index in [-0.39, 0.29) is 0 Å². The first-order valence-electron chi connectivity index (χ1n) is 3.61. The zero-order valence-electron chi connectivity index (χ0n) is 6.99. The van der Waals surface area contributed by atoms with Crippen molar-refractivity contribution in [3.05, 3.63) is 36.0 Å². The zero-order valence-corrected chi connectivity index (χ0v) is 6.99. The van der Waals surface area contributed by atoms with Gasteiger partial charge in [-0.05, 0) is 19.4 Å². The normalized spacial score (nSPS) is 16.5. The Kier molecular flexibility index (Phi) is 5.43. The Morgan fingerprint density at radius 2 is 2.00 bits per heavy atom. The molecule has 0 aromatic carbocycles. The van der Waals surface area contributed by atoms with Gasteiger partial charge in [0, 0.05) is 0 Å². The van der Waals surface area contributed by atoms with Crippen LogP contribution in [0.1, 0.15) is 13.8 Å². The van der Waals surface area contributed by atoms with E-state index in [4.69, 9.17) is 10.8 Å². The van der Waals surface area contributed by atoms with Crippen molar-refractivity contribution in [2.75, 3.05) is 0 Å². The van der Waals surface area contributed by atoms with Gasteiger partial charge in [0.1, 0.15) is 6.23 Å². The fourth-order valence-corrected chi connectivity index (χ4v) is 0.653. The van der Waals surface area contributed by atoms with E-state index in [0.717, 1.165) is 0 Å². The molecule has 2 nitrogen and oxygen atoms in total. The third kappa shape index (κ3) is 4.53. The van der Waals surface area contributed by atoms with Crippen LogP contribution in [0.4, 0.5) is 0 Å². The van der Waals surface area contributed by atoms with Crippen molar-refractivity contribution in [3.63, 3.8) is 0 Å². The molecule has 0 heterocycles. The Bertz CT molecular complexity index is 178. The van der Waals surface area contributed by atoms with Gasteiger partial charge in [0.05, 0.1) is 0 Å². The Morgan fingerprint density at radius 1 is 1.36 bits per heavy atom. The van der Waals surface area contributed by atoms with E-state index in [9.17, 15) is 0 Å². The molecule has 11 heavy (non-hydrogen) atoms. The number of rotatable bonds is 3. The van der Waals surface area contributed by atoms with E-state index in [1.165, 1.54) is 0 Å². The first-order chi connectivity index (χ1) is 5.22. The second-order valence-corrected chi connectivity index (χ2v) is 2.14. The lowest BCUT2D eigenvalue weighted by Crippen LogP contribution is -2.20. The minimum atomic E-state index is -0.887. The highest BCUT2D eigenvalue weighted by molar-refractivity contribution is 5.25. The number of aliphatic hydroxyl groups excluding tert-OH is 1. The molecule has 62 valence electrons. The number of nitrogens with two attached hydrogens (primary N) is 1. The van der Waals surface area contributed by atoms with Gasteiger partial charge < -0.3 is 10.8 Å². The van der Waals surface area contributed by atoms with Crippen LogP contribution < -0.4 is 5.73 Å². The van der Waals surface area contributed by atoms with Gasteiger partial charge in [-0.15, -0.1) is 0 Å². The lowest BCUT2D eigenvalue weighted by Gasteiger charge is -2.03. The number of allylic oxidation sites excluding steroid dienone is 4. The third-order valence-electron chi connectivity index (χ3n) is 1.18. The summed E-state index contributed by atoms with van der Waals surface area (Å²) in [6, 6.07) is 0. The molecule has 0 saturated carbocycles. The maximum atomic E-state index is 8.99. The van der Waals surface area contributed by atoms with Gasteiger partial charge in [-0.25, -0.2) is 0 Å². The molecular formula is C9H15NO. The van der Waals surface area contributed by atoms with Crippen LogP contribution in [-0.4, -0.2) is 11.3 Å². The predicted molar refractivity (Wildman–Crippen MR) is 47.9 cm³/mol. The standard InChI is InChI=1S/C9H15NO/c1-3-5-7-8(6-4-2)9(10)11/h3-7,9,11H,10H2,1-2H3/b5-3-,6-4-,8-7+. The zero-order chi connectivity index (χ0) is 8.69. The van der Waals surface area contributed by atoms with E-state index in [2.05, 4.69) is 0 Å². The number of hydrogen-bond acceptors (Lipinski definition) is 2. The van der Waals surface area contributed by atoms with Crippen LogP contribution in [0, 0.1) is 0 Å². The van der Waals surface area contributed by atoms with Gasteiger partial charge >= 0.3 is 0 Å². The molecule has 0 aliphatic heterocycles. The molecular weight excluding hydrogens is 138 g/mol. The monoisotopic (exact) mass is 153 g/mol. The fourth-order valence-electron chi connectivity index (χ4n) is 0.653. The minimum absolute atomic E-state index is 0.714. The Labute approximate surface area is 67.7 Å². The summed E-state index contributed by atoms with van der Waals surface area (Å²) in [5.74, 6) is 0. The molecule has 0 aromatic heterocycles. The van der Waals surface area contributed by atoms with Crippen LogP contribution in [-0.2, 0) is 0 Å². The summed E-state index contributed by atoms with van der Waals surface area (Å²) in [4.78, 5) is 0. The largest absolute Gasteiger partial charge is 0.375 e. The van der Waals surface area contributed by atoms with E-state index in [0.29, 0.717) is 5.57 Å². The van der Waals surface area contributed by atoms with Crippen molar-refractivity contribution in [2.24, 2.45) is 5.73 Å². The minimum Gasteiger partial charge on any atom is -0.375 e. The van der Waals surface area contributed by atoms with Gasteiger partial charge in [-0.1, -0.05) is 30.4 Å². The number of aliphatic hydroxyl groups is 1. The molecule has 1 atom stereocenters. The molecule has 2 heteroatoms. The molecule has 0 amide bonds. The summed E-state index contributed by atoms with van der Waals surface area (Å²) in [7, 11) is 0. The highest BCUT2D eigenvalue weighted by Gasteiger charge is 1.97. The SMILES string of the molecule is C\C=C/C=C(\C=C/C)C(N)O. The molecule has 3 N–H and O–H groups in total. The highest BCUT2D eigenvalue weighted by Crippen LogP contribution is 1.99. The smallest absolute Gasteiger partial charge is 0.128 e. The summed E-state index contributed by atoms with van der Waals surface area (Å²) >= 11 is 0. The molecule has 0 radical (unpaired) electrons. The third-order valence-corrected chi connectivity index (χ3v) is 1.18. The summed E-state index contributed by atoms with van der Waals surface area (Å²) in [5, 5.41) is 8.99. The van der Waals surface area contributed by atoms with Crippen molar-refractivity contribution in [1.82, 2.24) is 0 Å². The average molecular weight is 153 g/mol. The average Bonchev–Trinajstić information content (AvgIpc) is 1.97. The van der Waals surface area contributed by atoms with Gasteiger partial charge in [0.2, 0.25) is 0 Å². The van der Waals surface area contributed by atoms with Gasteiger partial charge in [0.15, 0.2) is 0 Å². The van der Waals surface area contributed by atoms with E-state index < -0.39 is 6.23 Å². The Hall–Kier alpha value is -0.860. The van der Waals surface area contributed by atoms with Gasteiger partial charge in [-0.2, -0.15) is 0 Å². The molecule has 0 aliphatic carbocycles. The summed E-state index contributed by atoms with van der Waals surface area (Å²) < 4.78 is 0. The van der Waals surface area contributed by atoms with Crippen molar-refractivity contribution in [1.29, 1.82) is 0 Å². The Balaban J connectivity index is 4.32. The number of hydrogen-bond donors (Lipinski definition) is 2. The van der Waals surface area contributed by atoms with Crippen LogP contribution in [0.5, 0.6) is 0 Å². The molecule has 1 unspecified atom stereocenters. The van der Waals surface area contributed by atoms with Crippen LogP contribution >= 0.6 is 0 Å².